The van der Waals surface area contributed by atoms with Crippen LogP contribution in [-0.4, -0.2) is 17.9 Å². The van der Waals surface area contributed by atoms with Gasteiger partial charge in [-0.2, -0.15) is 0 Å². The van der Waals surface area contributed by atoms with Crippen molar-refractivity contribution in [1.29, 1.82) is 0 Å². The van der Waals surface area contributed by atoms with E-state index in [1.807, 2.05) is 13.8 Å². The number of fused-ring (bicyclic) bond motifs is 1. The van der Waals surface area contributed by atoms with E-state index in [0.29, 0.717) is 21.3 Å². The highest BCUT2D eigenvalue weighted by Crippen LogP contribution is 2.45. The normalized spacial score (nSPS) is 17.9. The van der Waals surface area contributed by atoms with E-state index in [1.54, 1.807) is 17.0 Å². The summed E-state index contributed by atoms with van der Waals surface area (Å²) >= 11 is 12.3. The Labute approximate surface area is 121 Å². The highest BCUT2D eigenvalue weighted by atomic mass is 35.5. The van der Waals surface area contributed by atoms with E-state index >= 15 is 0 Å². The summed E-state index contributed by atoms with van der Waals surface area (Å²) in [5.74, 6) is -0.499. The largest absolute Gasteiger partial charge is 0.341 e. The van der Waals surface area contributed by atoms with Gasteiger partial charge < -0.3 is 10.2 Å². The van der Waals surface area contributed by atoms with E-state index in [0.717, 1.165) is 0 Å². The van der Waals surface area contributed by atoms with Gasteiger partial charge in [0, 0.05) is 23.6 Å². The molecule has 0 spiro atoms. The number of hydrogen-bond acceptors (Lipinski definition) is 2. The number of halogens is 2. The molecule has 1 aromatic carbocycles. The van der Waals surface area contributed by atoms with Gasteiger partial charge in [0.15, 0.2) is 0 Å². The summed E-state index contributed by atoms with van der Waals surface area (Å²) < 4.78 is 0. The van der Waals surface area contributed by atoms with Crippen molar-refractivity contribution in [3.8, 4) is 0 Å². The van der Waals surface area contributed by atoms with Crippen molar-refractivity contribution in [1.82, 2.24) is 5.32 Å². The fraction of sp³-hybridized carbons (Fsp3) is 0.385. The van der Waals surface area contributed by atoms with Crippen molar-refractivity contribution in [3.05, 3.63) is 27.7 Å². The van der Waals surface area contributed by atoms with Gasteiger partial charge in [-0.3, -0.25) is 9.59 Å². The third-order valence-electron chi connectivity index (χ3n) is 2.99. The second-order valence-corrected chi connectivity index (χ2v) is 5.54. The van der Waals surface area contributed by atoms with Crippen molar-refractivity contribution in [2.75, 3.05) is 4.90 Å². The average molecular weight is 301 g/mol. The van der Waals surface area contributed by atoms with Gasteiger partial charge in [0.05, 0.1) is 10.7 Å². The lowest BCUT2D eigenvalue weighted by molar-refractivity contribution is -0.126. The SMILES string of the molecule is CC(=O)N[C@H]1C(=O)N(C(C)C)c2c(Cl)ccc(Cl)c21. The van der Waals surface area contributed by atoms with Gasteiger partial charge in [-0.05, 0) is 26.0 Å². The Kier molecular flexibility index (Phi) is 3.74. The first kappa shape index (κ1) is 14.2. The zero-order valence-corrected chi connectivity index (χ0v) is 12.3. The predicted octanol–water partition coefficient (Wildman–Crippen LogP) is 2.93. The van der Waals surface area contributed by atoms with Gasteiger partial charge in [-0.15, -0.1) is 0 Å². The maximum Gasteiger partial charge on any atom is 0.254 e. The molecule has 6 heteroatoms. The topological polar surface area (TPSA) is 49.4 Å². The molecule has 2 rings (SSSR count). The predicted molar refractivity (Wildman–Crippen MR) is 75.6 cm³/mol. The number of nitrogens with one attached hydrogen (secondary N) is 1. The van der Waals surface area contributed by atoms with Gasteiger partial charge in [0.1, 0.15) is 6.04 Å². The van der Waals surface area contributed by atoms with Crippen LogP contribution >= 0.6 is 23.2 Å². The van der Waals surface area contributed by atoms with Crippen LogP contribution < -0.4 is 10.2 Å². The molecule has 0 saturated heterocycles. The number of rotatable bonds is 2. The number of amides is 2. The van der Waals surface area contributed by atoms with Crippen LogP contribution in [0.5, 0.6) is 0 Å². The van der Waals surface area contributed by atoms with Gasteiger partial charge >= 0.3 is 0 Å². The Morgan fingerprint density at radius 3 is 2.42 bits per heavy atom. The lowest BCUT2D eigenvalue weighted by Crippen LogP contribution is -2.40. The first-order chi connectivity index (χ1) is 8.84. The van der Waals surface area contributed by atoms with Crippen LogP contribution in [0.25, 0.3) is 0 Å². The van der Waals surface area contributed by atoms with Crippen molar-refractivity contribution in [2.45, 2.75) is 32.9 Å². The Hall–Kier alpha value is -1.26. The quantitative estimate of drug-likeness (QED) is 0.913. The molecule has 0 saturated carbocycles. The zero-order valence-electron chi connectivity index (χ0n) is 10.8. The summed E-state index contributed by atoms with van der Waals surface area (Å²) in [6.45, 7) is 5.13. The third-order valence-corrected chi connectivity index (χ3v) is 3.63. The van der Waals surface area contributed by atoms with Crippen molar-refractivity contribution >= 4 is 40.7 Å². The lowest BCUT2D eigenvalue weighted by atomic mass is 10.1. The molecule has 0 fully saturated rings. The van der Waals surface area contributed by atoms with E-state index in [1.165, 1.54) is 6.92 Å². The van der Waals surface area contributed by atoms with Crippen LogP contribution in [0.1, 0.15) is 32.4 Å². The van der Waals surface area contributed by atoms with Crippen LogP contribution in [0.15, 0.2) is 12.1 Å². The van der Waals surface area contributed by atoms with E-state index in [4.69, 9.17) is 23.2 Å². The molecular weight excluding hydrogens is 287 g/mol. The molecule has 19 heavy (non-hydrogen) atoms. The molecule has 0 radical (unpaired) electrons. The highest BCUT2D eigenvalue weighted by Gasteiger charge is 2.42. The second-order valence-electron chi connectivity index (χ2n) is 4.73. The van der Waals surface area contributed by atoms with E-state index in [9.17, 15) is 9.59 Å². The molecule has 0 aliphatic carbocycles. The first-order valence-corrected chi connectivity index (χ1v) is 6.68. The van der Waals surface area contributed by atoms with Crippen LogP contribution in [0.3, 0.4) is 0 Å². The standard InChI is InChI=1S/C13H14Cl2N2O2/c1-6(2)17-12-9(15)5-4-8(14)10(12)11(13(17)19)16-7(3)18/h4-6,11H,1-3H3,(H,16,18)/t11-/m1/s1. The molecule has 1 heterocycles. The number of carbonyl (C=O) groups is 2. The number of anilines is 1. The van der Waals surface area contributed by atoms with Crippen LogP contribution in [0.4, 0.5) is 5.69 Å². The zero-order chi connectivity index (χ0) is 14.3. The van der Waals surface area contributed by atoms with E-state index in [-0.39, 0.29) is 17.9 Å². The number of carbonyl (C=O) groups excluding carboxylic acids is 2. The average Bonchev–Trinajstić information content (AvgIpc) is 2.58. The third kappa shape index (κ3) is 2.30. The molecule has 1 N–H and O–H groups in total. The van der Waals surface area contributed by atoms with Crippen molar-refractivity contribution in [2.24, 2.45) is 0 Å². The Balaban J connectivity index is 2.63. The molecule has 2 amide bonds. The Morgan fingerprint density at radius 2 is 1.89 bits per heavy atom. The summed E-state index contributed by atoms with van der Waals surface area (Å²) in [4.78, 5) is 25.3. The summed E-state index contributed by atoms with van der Waals surface area (Å²) in [5.41, 5.74) is 1.16. The Morgan fingerprint density at radius 1 is 1.32 bits per heavy atom. The molecule has 0 unspecified atom stereocenters. The lowest BCUT2D eigenvalue weighted by Gasteiger charge is -2.23. The number of nitrogens with zero attached hydrogens (tertiary/aromatic N) is 1. The molecule has 1 atom stereocenters. The van der Waals surface area contributed by atoms with Crippen LogP contribution in [-0.2, 0) is 9.59 Å². The molecule has 1 aromatic rings. The monoisotopic (exact) mass is 300 g/mol. The molecule has 0 aromatic heterocycles. The second kappa shape index (κ2) is 5.02. The van der Waals surface area contributed by atoms with Crippen LogP contribution in [0, 0.1) is 0 Å². The molecule has 102 valence electrons. The van der Waals surface area contributed by atoms with Crippen LogP contribution in [0.2, 0.25) is 10.0 Å². The van der Waals surface area contributed by atoms with Gasteiger partial charge in [-0.25, -0.2) is 0 Å². The van der Waals surface area contributed by atoms with Crippen molar-refractivity contribution in [3.63, 3.8) is 0 Å². The summed E-state index contributed by atoms with van der Waals surface area (Å²) in [5, 5.41) is 3.51. The fourth-order valence-electron chi connectivity index (χ4n) is 2.30. The minimum atomic E-state index is -0.763. The highest BCUT2D eigenvalue weighted by molar-refractivity contribution is 6.38. The molecular formula is C13H14Cl2N2O2. The van der Waals surface area contributed by atoms with E-state index in [2.05, 4.69) is 5.32 Å². The smallest absolute Gasteiger partial charge is 0.254 e. The first-order valence-electron chi connectivity index (χ1n) is 5.92. The maximum atomic E-state index is 12.4. The van der Waals surface area contributed by atoms with E-state index < -0.39 is 6.04 Å². The van der Waals surface area contributed by atoms with Gasteiger partial charge in [-0.1, -0.05) is 23.2 Å². The maximum absolute atomic E-state index is 12.4. The fourth-order valence-corrected chi connectivity index (χ4v) is 2.82. The summed E-state index contributed by atoms with van der Waals surface area (Å²) in [6, 6.07) is 2.46. The molecule has 1 aliphatic rings. The summed E-state index contributed by atoms with van der Waals surface area (Å²) in [6.07, 6.45) is 0. The van der Waals surface area contributed by atoms with Gasteiger partial charge in [0.25, 0.3) is 5.91 Å². The molecule has 1 aliphatic heterocycles. The number of hydrogen-bond donors (Lipinski definition) is 1. The minimum Gasteiger partial charge on any atom is -0.341 e. The van der Waals surface area contributed by atoms with Gasteiger partial charge in [0.2, 0.25) is 5.91 Å². The minimum absolute atomic E-state index is 0.0685. The molecule has 0 bridgehead atoms. The Bertz CT molecular complexity index is 558. The number of benzene rings is 1. The summed E-state index contributed by atoms with van der Waals surface area (Å²) in [7, 11) is 0. The molecule has 4 nitrogen and oxygen atoms in total. The van der Waals surface area contributed by atoms with Crippen molar-refractivity contribution < 1.29 is 9.59 Å².